The lowest BCUT2D eigenvalue weighted by molar-refractivity contribution is 0.354. The monoisotopic (exact) mass is 288 g/mol. The fraction of sp³-hybridized carbons (Fsp3) is 0.400. The number of rotatable bonds is 5. The average molecular weight is 289 g/mol. The van der Waals surface area contributed by atoms with E-state index in [1.54, 1.807) is 11.0 Å². The van der Waals surface area contributed by atoms with E-state index < -0.39 is 5.41 Å². The van der Waals surface area contributed by atoms with Crippen molar-refractivity contribution in [2.75, 3.05) is 0 Å². The molecule has 0 N–H and O–H groups in total. The van der Waals surface area contributed by atoms with E-state index in [9.17, 15) is 5.26 Å². The van der Waals surface area contributed by atoms with Crippen LogP contribution in [0.5, 0.6) is 0 Å². The van der Waals surface area contributed by atoms with E-state index in [1.165, 1.54) is 6.33 Å². The molecule has 1 aromatic carbocycles. The standard InChI is InChI=1S/C15H17ClN4/c1-12(2)7-15(8-17,9-20-11-18-10-19-20)13-3-5-14(16)6-4-13/h3-6,10-12H,7,9H2,1-2H3. The zero-order chi connectivity index (χ0) is 14.6. The first-order valence-corrected chi connectivity index (χ1v) is 6.93. The van der Waals surface area contributed by atoms with Crippen LogP contribution in [0.15, 0.2) is 36.9 Å². The zero-order valence-corrected chi connectivity index (χ0v) is 12.4. The normalized spacial score (nSPS) is 13.9. The predicted octanol–water partition coefficient (Wildman–Crippen LogP) is 3.44. The highest BCUT2D eigenvalue weighted by atomic mass is 35.5. The number of hydrogen-bond acceptors (Lipinski definition) is 3. The van der Waals surface area contributed by atoms with Gasteiger partial charge in [-0.3, -0.25) is 4.68 Å². The second-order valence-electron chi connectivity index (χ2n) is 5.39. The maximum absolute atomic E-state index is 9.80. The molecule has 0 amide bonds. The molecule has 20 heavy (non-hydrogen) atoms. The first-order valence-electron chi connectivity index (χ1n) is 6.55. The van der Waals surface area contributed by atoms with Gasteiger partial charge in [0.15, 0.2) is 0 Å². The fourth-order valence-electron chi connectivity index (χ4n) is 2.48. The molecule has 5 heteroatoms. The highest BCUT2D eigenvalue weighted by Gasteiger charge is 2.34. The van der Waals surface area contributed by atoms with Crippen molar-refractivity contribution in [2.45, 2.75) is 32.2 Å². The smallest absolute Gasteiger partial charge is 0.137 e. The average Bonchev–Trinajstić information content (AvgIpc) is 2.91. The summed E-state index contributed by atoms with van der Waals surface area (Å²) in [5.74, 6) is 0.397. The van der Waals surface area contributed by atoms with Crippen molar-refractivity contribution in [1.82, 2.24) is 14.8 Å². The Labute approximate surface area is 124 Å². The van der Waals surface area contributed by atoms with Crippen LogP contribution in [-0.2, 0) is 12.0 Å². The third-order valence-corrected chi connectivity index (χ3v) is 3.52. The number of halogens is 1. The number of nitriles is 1. The van der Waals surface area contributed by atoms with Crippen molar-refractivity contribution in [3.05, 3.63) is 47.5 Å². The molecular formula is C15H17ClN4. The van der Waals surface area contributed by atoms with Gasteiger partial charge in [0, 0.05) is 5.02 Å². The van der Waals surface area contributed by atoms with E-state index in [0.29, 0.717) is 17.5 Å². The quantitative estimate of drug-likeness (QED) is 0.847. The summed E-state index contributed by atoms with van der Waals surface area (Å²) < 4.78 is 1.71. The molecule has 0 aliphatic heterocycles. The summed E-state index contributed by atoms with van der Waals surface area (Å²) in [7, 11) is 0. The topological polar surface area (TPSA) is 54.5 Å². The van der Waals surface area contributed by atoms with Crippen LogP contribution in [0, 0.1) is 17.2 Å². The fourth-order valence-corrected chi connectivity index (χ4v) is 2.60. The molecule has 1 atom stereocenters. The van der Waals surface area contributed by atoms with Crippen molar-refractivity contribution >= 4 is 11.6 Å². The molecule has 0 spiro atoms. The van der Waals surface area contributed by atoms with Gasteiger partial charge in [-0.2, -0.15) is 10.4 Å². The van der Waals surface area contributed by atoms with Gasteiger partial charge < -0.3 is 0 Å². The minimum Gasteiger partial charge on any atom is -0.251 e. The Hall–Kier alpha value is -1.86. The van der Waals surface area contributed by atoms with Gasteiger partial charge in [0.1, 0.15) is 18.1 Å². The van der Waals surface area contributed by atoms with Gasteiger partial charge in [0.05, 0.1) is 12.6 Å². The number of aromatic nitrogens is 3. The maximum atomic E-state index is 9.80. The van der Waals surface area contributed by atoms with Crippen LogP contribution in [-0.4, -0.2) is 14.8 Å². The second kappa shape index (κ2) is 6.06. The summed E-state index contributed by atoms with van der Waals surface area (Å²) in [4.78, 5) is 3.95. The lowest BCUT2D eigenvalue weighted by atomic mass is 9.75. The predicted molar refractivity (Wildman–Crippen MR) is 78.2 cm³/mol. The molecule has 104 valence electrons. The van der Waals surface area contributed by atoms with Gasteiger partial charge >= 0.3 is 0 Å². The minimum atomic E-state index is -0.619. The molecule has 1 unspecified atom stereocenters. The minimum absolute atomic E-state index is 0.397. The molecule has 0 saturated heterocycles. The Bertz CT molecular complexity index is 583. The first kappa shape index (κ1) is 14.5. The Morgan fingerprint density at radius 2 is 2.05 bits per heavy atom. The Morgan fingerprint density at radius 1 is 1.35 bits per heavy atom. The third-order valence-electron chi connectivity index (χ3n) is 3.27. The van der Waals surface area contributed by atoms with E-state index in [0.717, 1.165) is 12.0 Å². The van der Waals surface area contributed by atoms with Gasteiger partial charge in [-0.05, 0) is 30.0 Å². The van der Waals surface area contributed by atoms with Crippen LogP contribution in [0.4, 0.5) is 0 Å². The molecule has 0 aliphatic carbocycles. The maximum Gasteiger partial charge on any atom is 0.137 e. The molecule has 0 aliphatic rings. The molecule has 0 saturated carbocycles. The summed E-state index contributed by atoms with van der Waals surface area (Å²) >= 11 is 5.94. The Kier molecular flexibility index (Phi) is 4.41. The molecule has 4 nitrogen and oxygen atoms in total. The highest BCUT2D eigenvalue weighted by molar-refractivity contribution is 6.30. The molecular weight excluding hydrogens is 272 g/mol. The van der Waals surface area contributed by atoms with Gasteiger partial charge in [-0.1, -0.05) is 37.6 Å². The molecule has 2 rings (SSSR count). The van der Waals surface area contributed by atoms with E-state index >= 15 is 0 Å². The van der Waals surface area contributed by atoms with Crippen molar-refractivity contribution < 1.29 is 0 Å². The van der Waals surface area contributed by atoms with Crippen molar-refractivity contribution in [3.8, 4) is 6.07 Å². The summed E-state index contributed by atoms with van der Waals surface area (Å²) in [6.45, 7) is 4.72. The highest BCUT2D eigenvalue weighted by Crippen LogP contribution is 2.33. The van der Waals surface area contributed by atoms with Crippen molar-refractivity contribution in [1.29, 1.82) is 5.26 Å². The van der Waals surface area contributed by atoms with E-state index in [2.05, 4.69) is 30.0 Å². The van der Waals surface area contributed by atoms with Crippen molar-refractivity contribution in [2.24, 2.45) is 5.92 Å². The lowest BCUT2D eigenvalue weighted by Gasteiger charge is -2.28. The number of benzene rings is 1. The Morgan fingerprint density at radius 3 is 2.55 bits per heavy atom. The van der Waals surface area contributed by atoms with E-state index in [1.807, 2.05) is 24.3 Å². The molecule has 0 fully saturated rings. The summed E-state index contributed by atoms with van der Waals surface area (Å²) in [5.41, 5.74) is 0.348. The van der Waals surface area contributed by atoms with E-state index in [4.69, 9.17) is 11.6 Å². The van der Waals surface area contributed by atoms with Crippen LogP contribution in [0.25, 0.3) is 0 Å². The van der Waals surface area contributed by atoms with Crippen LogP contribution >= 0.6 is 11.6 Å². The van der Waals surface area contributed by atoms with Crippen LogP contribution in [0.2, 0.25) is 5.02 Å². The zero-order valence-electron chi connectivity index (χ0n) is 11.6. The van der Waals surface area contributed by atoms with Crippen LogP contribution in [0.3, 0.4) is 0 Å². The van der Waals surface area contributed by atoms with Gasteiger partial charge in [-0.15, -0.1) is 0 Å². The molecule has 2 aromatic rings. The molecule has 1 aromatic heterocycles. The van der Waals surface area contributed by atoms with Gasteiger partial charge in [-0.25, -0.2) is 4.98 Å². The number of hydrogen-bond donors (Lipinski definition) is 0. The summed E-state index contributed by atoms with van der Waals surface area (Å²) in [6, 6.07) is 9.98. The molecule has 0 bridgehead atoms. The van der Waals surface area contributed by atoms with E-state index in [-0.39, 0.29) is 0 Å². The lowest BCUT2D eigenvalue weighted by Crippen LogP contribution is -2.32. The summed E-state index contributed by atoms with van der Waals surface area (Å²) in [6.07, 6.45) is 3.88. The second-order valence-corrected chi connectivity index (χ2v) is 5.83. The molecule has 0 radical (unpaired) electrons. The first-order chi connectivity index (χ1) is 9.55. The third kappa shape index (κ3) is 3.17. The van der Waals surface area contributed by atoms with Crippen molar-refractivity contribution in [3.63, 3.8) is 0 Å². The number of nitrogens with zero attached hydrogens (tertiary/aromatic N) is 4. The molecule has 1 heterocycles. The van der Waals surface area contributed by atoms with Crippen LogP contribution < -0.4 is 0 Å². The van der Waals surface area contributed by atoms with Gasteiger partial charge in [0.2, 0.25) is 0 Å². The Balaban J connectivity index is 2.41. The summed E-state index contributed by atoms with van der Waals surface area (Å²) in [5, 5.41) is 14.6. The van der Waals surface area contributed by atoms with Gasteiger partial charge in [0.25, 0.3) is 0 Å². The SMILES string of the molecule is CC(C)CC(C#N)(Cn1cncn1)c1ccc(Cl)cc1. The van der Waals surface area contributed by atoms with Crippen LogP contribution in [0.1, 0.15) is 25.8 Å². The largest absolute Gasteiger partial charge is 0.251 e.